The zero-order valence-electron chi connectivity index (χ0n) is 17.5. The van der Waals surface area contributed by atoms with Gasteiger partial charge in [0.2, 0.25) is 0 Å². The minimum absolute atomic E-state index is 0.00327. The first-order valence-corrected chi connectivity index (χ1v) is 10.4. The van der Waals surface area contributed by atoms with Crippen molar-refractivity contribution in [2.75, 3.05) is 18.0 Å². The number of rotatable bonds is 3. The third-order valence-electron chi connectivity index (χ3n) is 5.93. The molecule has 160 valence electrons. The van der Waals surface area contributed by atoms with Gasteiger partial charge < -0.3 is 10.6 Å². The van der Waals surface area contributed by atoms with Crippen molar-refractivity contribution in [3.8, 4) is 28.5 Å². The van der Waals surface area contributed by atoms with Crippen LogP contribution in [-0.4, -0.2) is 44.3 Å². The molecule has 3 heterocycles. The predicted octanol–water partition coefficient (Wildman–Crippen LogP) is 3.03. The fourth-order valence-corrected chi connectivity index (χ4v) is 4.06. The molecule has 1 aliphatic heterocycles. The van der Waals surface area contributed by atoms with Gasteiger partial charge in [0.15, 0.2) is 5.82 Å². The lowest BCUT2D eigenvalue weighted by molar-refractivity contribution is 0.497. The van der Waals surface area contributed by atoms with Crippen LogP contribution in [0.5, 0.6) is 0 Å². The fourth-order valence-electron chi connectivity index (χ4n) is 4.06. The number of anilines is 1. The highest BCUT2D eigenvalue weighted by Gasteiger charge is 2.21. The molecule has 0 amide bonds. The van der Waals surface area contributed by atoms with E-state index in [1.165, 1.54) is 12.1 Å². The quantitative estimate of drug-likeness (QED) is 0.534. The Balaban J connectivity index is 1.65. The van der Waals surface area contributed by atoms with Gasteiger partial charge in [-0.2, -0.15) is 5.26 Å². The van der Waals surface area contributed by atoms with Crippen molar-refractivity contribution in [3.05, 3.63) is 53.8 Å². The van der Waals surface area contributed by atoms with Crippen LogP contribution in [0.1, 0.15) is 18.4 Å². The number of nitrogens with two attached hydrogens (primary N) is 1. The lowest BCUT2D eigenvalue weighted by Crippen LogP contribution is -2.40. The van der Waals surface area contributed by atoms with Crippen molar-refractivity contribution in [1.82, 2.24) is 25.2 Å². The molecule has 0 spiro atoms. The highest BCUT2D eigenvalue weighted by atomic mass is 19.1. The summed E-state index contributed by atoms with van der Waals surface area (Å²) >= 11 is 0. The molecule has 9 heteroatoms. The Labute approximate surface area is 184 Å². The lowest BCUT2D eigenvalue weighted by Gasteiger charge is -2.31. The smallest absolute Gasteiger partial charge is 0.151 e. The van der Waals surface area contributed by atoms with E-state index in [1.54, 1.807) is 10.7 Å². The molecule has 0 saturated carbocycles. The summed E-state index contributed by atoms with van der Waals surface area (Å²) in [5, 5.41) is 26.4. The molecule has 2 N–H and O–H groups in total. The van der Waals surface area contributed by atoms with E-state index in [-0.39, 0.29) is 11.6 Å². The van der Waals surface area contributed by atoms with Crippen LogP contribution in [0.2, 0.25) is 0 Å². The number of nitriles is 1. The largest absolute Gasteiger partial charge is 0.355 e. The van der Waals surface area contributed by atoms with Crippen LogP contribution in [0.15, 0.2) is 42.5 Å². The Morgan fingerprint density at radius 2 is 1.81 bits per heavy atom. The molecule has 0 aliphatic carbocycles. The molecular weight excluding hydrogens is 407 g/mol. The van der Waals surface area contributed by atoms with Crippen molar-refractivity contribution in [3.63, 3.8) is 0 Å². The summed E-state index contributed by atoms with van der Waals surface area (Å²) in [7, 11) is 1.83. The highest BCUT2D eigenvalue weighted by molar-refractivity contribution is 5.87. The van der Waals surface area contributed by atoms with E-state index in [0.29, 0.717) is 11.3 Å². The molecule has 2 aromatic carbocycles. The minimum Gasteiger partial charge on any atom is -0.355 e. The molecule has 32 heavy (non-hydrogen) atoms. The zero-order valence-corrected chi connectivity index (χ0v) is 17.5. The summed E-state index contributed by atoms with van der Waals surface area (Å²) in [4.78, 5) is 2.15. The third-order valence-corrected chi connectivity index (χ3v) is 5.93. The zero-order chi connectivity index (χ0) is 22.2. The van der Waals surface area contributed by atoms with Gasteiger partial charge in [0, 0.05) is 37.3 Å². The molecular formula is C23H21FN8. The molecule has 0 bridgehead atoms. The second kappa shape index (κ2) is 7.98. The summed E-state index contributed by atoms with van der Waals surface area (Å²) in [5.74, 6) is 0.156. The van der Waals surface area contributed by atoms with Crippen molar-refractivity contribution >= 4 is 16.9 Å². The molecule has 8 nitrogen and oxygen atoms in total. The number of aryl methyl sites for hydroxylation is 1. The molecule has 4 aromatic rings. The molecule has 5 rings (SSSR count). The van der Waals surface area contributed by atoms with Crippen LogP contribution in [0.25, 0.3) is 33.4 Å². The topological polar surface area (TPSA) is 110 Å². The number of benzene rings is 2. The van der Waals surface area contributed by atoms with Gasteiger partial charge in [0.1, 0.15) is 23.1 Å². The van der Waals surface area contributed by atoms with Crippen LogP contribution >= 0.6 is 0 Å². The Hall–Kier alpha value is -3.90. The second-order valence-electron chi connectivity index (χ2n) is 8.01. The monoisotopic (exact) mass is 428 g/mol. The maximum Gasteiger partial charge on any atom is 0.151 e. The number of hydrogen-bond acceptors (Lipinski definition) is 7. The molecule has 2 aromatic heterocycles. The summed E-state index contributed by atoms with van der Waals surface area (Å²) in [6.45, 7) is 1.59. The predicted molar refractivity (Wildman–Crippen MR) is 119 cm³/mol. The Morgan fingerprint density at radius 3 is 2.56 bits per heavy atom. The van der Waals surface area contributed by atoms with Crippen molar-refractivity contribution in [1.29, 1.82) is 5.26 Å². The lowest BCUT2D eigenvalue weighted by atomic mass is 9.98. The summed E-state index contributed by atoms with van der Waals surface area (Å²) in [5.41, 5.74) is 10.5. The maximum absolute atomic E-state index is 14.5. The highest BCUT2D eigenvalue weighted by Crippen LogP contribution is 2.34. The molecule has 0 atom stereocenters. The second-order valence-corrected chi connectivity index (χ2v) is 8.01. The molecule has 1 fully saturated rings. The summed E-state index contributed by atoms with van der Waals surface area (Å²) < 4.78 is 16.2. The number of piperidine rings is 1. The van der Waals surface area contributed by atoms with E-state index >= 15 is 0 Å². The minimum atomic E-state index is -0.567. The van der Waals surface area contributed by atoms with Crippen LogP contribution < -0.4 is 10.6 Å². The van der Waals surface area contributed by atoms with Gasteiger partial charge in [0.05, 0.1) is 11.1 Å². The normalized spacial score (nSPS) is 14.6. The standard InChI is InChI=1S/C23H21FN8/c1-31-21-5-4-15(11-20(21)27-30-31)23-18(14-2-3-16(13-25)19(24)10-14)12-22(28-29-23)32-8-6-17(26)7-9-32/h2-5,10-12,17H,6-9,26H2,1H3. The van der Waals surface area contributed by atoms with Crippen molar-refractivity contribution in [2.45, 2.75) is 18.9 Å². The van der Waals surface area contributed by atoms with Gasteiger partial charge in [-0.1, -0.05) is 17.3 Å². The van der Waals surface area contributed by atoms with E-state index in [2.05, 4.69) is 25.4 Å². The van der Waals surface area contributed by atoms with Gasteiger partial charge in [-0.25, -0.2) is 9.07 Å². The van der Waals surface area contributed by atoms with Crippen molar-refractivity contribution < 1.29 is 4.39 Å². The molecule has 1 saturated heterocycles. The fraction of sp³-hybridized carbons (Fsp3) is 0.261. The molecule has 0 radical (unpaired) electrons. The first-order chi connectivity index (χ1) is 15.5. The number of nitrogens with zero attached hydrogens (tertiary/aromatic N) is 7. The summed E-state index contributed by atoms with van der Waals surface area (Å²) in [6, 6.07) is 14.3. The van der Waals surface area contributed by atoms with E-state index < -0.39 is 5.82 Å². The maximum atomic E-state index is 14.5. The Morgan fingerprint density at radius 1 is 1.03 bits per heavy atom. The first-order valence-electron chi connectivity index (χ1n) is 10.4. The van der Waals surface area contributed by atoms with E-state index in [4.69, 9.17) is 11.0 Å². The van der Waals surface area contributed by atoms with Gasteiger partial charge >= 0.3 is 0 Å². The average Bonchev–Trinajstić information content (AvgIpc) is 3.19. The van der Waals surface area contributed by atoms with Gasteiger partial charge in [-0.15, -0.1) is 15.3 Å². The van der Waals surface area contributed by atoms with E-state index in [9.17, 15) is 4.39 Å². The van der Waals surface area contributed by atoms with E-state index in [1.807, 2.05) is 37.4 Å². The Kier molecular flexibility index (Phi) is 4.99. The first kappa shape index (κ1) is 20.0. The number of fused-ring (bicyclic) bond motifs is 1. The summed E-state index contributed by atoms with van der Waals surface area (Å²) in [6.07, 6.45) is 1.77. The Bertz CT molecular complexity index is 1350. The van der Waals surface area contributed by atoms with Gasteiger partial charge in [-0.05, 0) is 48.7 Å². The van der Waals surface area contributed by atoms with Crippen molar-refractivity contribution in [2.24, 2.45) is 12.8 Å². The number of aromatic nitrogens is 5. The van der Waals surface area contributed by atoms with Gasteiger partial charge in [0.25, 0.3) is 0 Å². The SMILES string of the molecule is Cn1nnc2cc(-c3nnc(N4CCC(N)CC4)cc3-c3ccc(C#N)c(F)c3)ccc21. The number of halogens is 1. The average molecular weight is 428 g/mol. The van der Waals surface area contributed by atoms with Crippen LogP contribution in [0.3, 0.4) is 0 Å². The van der Waals surface area contributed by atoms with Gasteiger partial charge in [-0.3, -0.25) is 0 Å². The molecule has 1 aliphatic rings. The van der Waals surface area contributed by atoms with Crippen LogP contribution in [0.4, 0.5) is 10.2 Å². The van der Waals surface area contributed by atoms with Crippen LogP contribution in [0, 0.1) is 17.1 Å². The van der Waals surface area contributed by atoms with Crippen LogP contribution in [-0.2, 0) is 7.05 Å². The van der Waals surface area contributed by atoms with E-state index in [0.717, 1.165) is 53.9 Å². The third kappa shape index (κ3) is 3.55. The number of hydrogen-bond donors (Lipinski definition) is 1. The molecule has 0 unspecified atom stereocenters.